The normalized spacial score (nSPS) is 16.2. The standard InChI is InChI=1S/C20H22N2O2/c1-14-5-4-6-15(11-14)13-21-19(23)10-9-17-12-16-7-2-3-8-18(16)22-20(17)24/h2-8,11,17H,9-10,12-13H2,1H3,(H,21,23)(H,22,24). The lowest BCUT2D eigenvalue weighted by Gasteiger charge is -2.24. The highest BCUT2D eigenvalue weighted by Crippen LogP contribution is 2.27. The summed E-state index contributed by atoms with van der Waals surface area (Å²) in [5.74, 6) is -0.132. The van der Waals surface area contributed by atoms with Crippen molar-refractivity contribution in [1.82, 2.24) is 5.32 Å². The lowest BCUT2D eigenvalue weighted by atomic mass is 9.89. The lowest BCUT2D eigenvalue weighted by Crippen LogP contribution is -2.31. The van der Waals surface area contributed by atoms with E-state index in [2.05, 4.69) is 16.7 Å². The van der Waals surface area contributed by atoms with E-state index in [1.54, 1.807) is 0 Å². The molecule has 2 amide bonds. The summed E-state index contributed by atoms with van der Waals surface area (Å²) in [6, 6.07) is 15.9. The van der Waals surface area contributed by atoms with Crippen molar-refractivity contribution in [3.63, 3.8) is 0 Å². The molecule has 0 aliphatic carbocycles. The summed E-state index contributed by atoms with van der Waals surface area (Å²) in [6.45, 7) is 2.56. The summed E-state index contributed by atoms with van der Waals surface area (Å²) in [5.41, 5.74) is 4.30. The fraction of sp³-hybridized carbons (Fsp3) is 0.300. The Bertz CT molecular complexity index is 755. The topological polar surface area (TPSA) is 58.2 Å². The third kappa shape index (κ3) is 4.02. The summed E-state index contributed by atoms with van der Waals surface area (Å²) in [4.78, 5) is 24.2. The molecular formula is C20H22N2O2. The average Bonchev–Trinajstić information content (AvgIpc) is 2.58. The first-order valence-corrected chi connectivity index (χ1v) is 8.33. The summed E-state index contributed by atoms with van der Waals surface area (Å²) in [5, 5.41) is 5.86. The van der Waals surface area contributed by atoms with E-state index < -0.39 is 0 Å². The molecule has 0 saturated heterocycles. The third-order valence-corrected chi connectivity index (χ3v) is 4.40. The predicted octanol–water partition coefficient (Wildman–Crippen LogP) is 3.20. The van der Waals surface area contributed by atoms with E-state index in [1.165, 1.54) is 5.56 Å². The number of aryl methyl sites for hydroxylation is 1. The molecule has 4 nitrogen and oxygen atoms in total. The van der Waals surface area contributed by atoms with Crippen LogP contribution in [0.4, 0.5) is 5.69 Å². The SMILES string of the molecule is Cc1cccc(CNC(=O)CCC2Cc3ccccc3NC2=O)c1. The first kappa shape index (κ1) is 16.2. The second-order valence-corrected chi connectivity index (χ2v) is 6.35. The quantitative estimate of drug-likeness (QED) is 0.888. The van der Waals surface area contributed by atoms with Crippen LogP contribution in [0.25, 0.3) is 0 Å². The van der Waals surface area contributed by atoms with Crippen LogP contribution in [0.3, 0.4) is 0 Å². The number of nitrogens with one attached hydrogen (secondary N) is 2. The first-order valence-electron chi connectivity index (χ1n) is 8.33. The van der Waals surface area contributed by atoms with Crippen molar-refractivity contribution in [2.45, 2.75) is 32.7 Å². The van der Waals surface area contributed by atoms with Crippen LogP contribution < -0.4 is 10.6 Å². The van der Waals surface area contributed by atoms with E-state index >= 15 is 0 Å². The molecule has 2 aromatic carbocycles. The molecule has 0 spiro atoms. The van der Waals surface area contributed by atoms with E-state index in [-0.39, 0.29) is 17.7 Å². The van der Waals surface area contributed by atoms with Crippen molar-refractivity contribution in [3.8, 4) is 0 Å². The molecule has 0 fully saturated rings. The van der Waals surface area contributed by atoms with Crippen molar-refractivity contribution >= 4 is 17.5 Å². The van der Waals surface area contributed by atoms with Gasteiger partial charge in [0.1, 0.15) is 0 Å². The van der Waals surface area contributed by atoms with E-state index in [9.17, 15) is 9.59 Å². The molecule has 1 aliphatic rings. The van der Waals surface area contributed by atoms with Gasteiger partial charge in [0, 0.05) is 24.6 Å². The average molecular weight is 322 g/mol. The van der Waals surface area contributed by atoms with Gasteiger partial charge in [0.25, 0.3) is 0 Å². The molecule has 2 N–H and O–H groups in total. The van der Waals surface area contributed by atoms with Crippen LogP contribution in [-0.4, -0.2) is 11.8 Å². The third-order valence-electron chi connectivity index (χ3n) is 4.40. The number of hydrogen-bond donors (Lipinski definition) is 2. The zero-order valence-corrected chi connectivity index (χ0v) is 13.8. The van der Waals surface area contributed by atoms with Gasteiger partial charge in [-0.25, -0.2) is 0 Å². The minimum Gasteiger partial charge on any atom is -0.352 e. The van der Waals surface area contributed by atoms with Crippen LogP contribution in [0.15, 0.2) is 48.5 Å². The Kier molecular flexibility index (Phi) is 4.94. The van der Waals surface area contributed by atoms with Crippen LogP contribution in [0, 0.1) is 12.8 Å². The van der Waals surface area contributed by atoms with Crippen molar-refractivity contribution in [3.05, 3.63) is 65.2 Å². The van der Waals surface area contributed by atoms with Crippen LogP contribution in [0.5, 0.6) is 0 Å². The number of anilines is 1. The fourth-order valence-corrected chi connectivity index (χ4v) is 3.06. The van der Waals surface area contributed by atoms with Gasteiger partial charge in [-0.2, -0.15) is 0 Å². The first-order chi connectivity index (χ1) is 11.6. The van der Waals surface area contributed by atoms with Crippen molar-refractivity contribution < 1.29 is 9.59 Å². The highest BCUT2D eigenvalue weighted by atomic mass is 16.2. The molecule has 0 saturated carbocycles. The molecule has 1 aliphatic heterocycles. The van der Waals surface area contributed by atoms with Gasteiger partial charge in [-0.05, 0) is 37.0 Å². The zero-order valence-electron chi connectivity index (χ0n) is 13.8. The lowest BCUT2D eigenvalue weighted by molar-refractivity contribution is -0.122. The van der Waals surface area contributed by atoms with Crippen LogP contribution in [0.1, 0.15) is 29.5 Å². The smallest absolute Gasteiger partial charge is 0.227 e. The summed E-state index contributed by atoms with van der Waals surface area (Å²) < 4.78 is 0. The highest BCUT2D eigenvalue weighted by molar-refractivity contribution is 5.96. The number of hydrogen-bond acceptors (Lipinski definition) is 2. The molecule has 4 heteroatoms. The molecule has 0 aromatic heterocycles. The van der Waals surface area contributed by atoms with Crippen molar-refractivity contribution in [2.24, 2.45) is 5.92 Å². The van der Waals surface area contributed by atoms with Gasteiger partial charge in [-0.3, -0.25) is 9.59 Å². The Labute approximate surface area is 142 Å². The van der Waals surface area contributed by atoms with Gasteiger partial charge in [-0.1, -0.05) is 48.0 Å². The fourth-order valence-electron chi connectivity index (χ4n) is 3.06. The van der Waals surface area contributed by atoms with Gasteiger partial charge in [-0.15, -0.1) is 0 Å². The van der Waals surface area contributed by atoms with E-state index in [1.807, 2.05) is 49.4 Å². The zero-order chi connectivity index (χ0) is 16.9. The van der Waals surface area contributed by atoms with E-state index in [4.69, 9.17) is 0 Å². The predicted molar refractivity (Wildman–Crippen MR) is 94.5 cm³/mol. The van der Waals surface area contributed by atoms with Crippen LogP contribution >= 0.6 is 0 Å². The Balaban J connectivity index is 1.49. The number of rotatable bonds is 5. The summed E-state index contributed by atoms with van der Waals surface area (Å²) in [7, 11) is 0. The number of amides is 2. The molecule has 0 radical (unpaired) electrons. The molecule has 1 heterocycles. The molecule has 1 atom stereocenters. The van der Waals surface area contributed by atoms with E-state index in [0.29, 0.717) is 25.8 Å². The number of carbonyl (C=O) groups excluding carboxylic acids is 2. The minimum absolute atomic E-state index is 0.0110. The number of fused-ring (bicyclic) bond motifs is 1. The number of benzene rings is 2. The van der Waals surface area contributed by atoms with Gasteiger partial charge in [0.2, 0.25) is 11.8 Å². The van der Waals surface area contributed by atoms with Gasteiger partial charge < -0.3 is 10.6 Å². The Hall–Kier alpha value is -2.62. The molecule has 0 bridgehead atoms. The van der Waals surface area contributed by atoms with E-state index in [0.717, 1.165) is 16.8 Å². The molecule has 24 heavy (non-hydrogen) atoms. The summed E-state index contributed by atoms with van der Waals surface area (Å²) >= 11 is 0. The minimum atomic E-state index is -0.135. The van der Waals surface area contributed by atoms with Crippen LogP contribution in [-0.2, 0) is 22.6 Å². The maximum absolute atomic E-state index is 12.1. The van der Waals surface area contributed by atoms with Crippen molar-refractivity contribution in [1.29, 1.82) is 0 Å². The molecular weight excluding hydrogens is 300 g/mol. The van der Waals surface area contributed by atoms with Gasteiger partial charge in [0.05, 0.1) is 0 Å². The Morgan fingerprint density at radius 2 is 2.04 bits per heavy atom. The molecule has 2 aromatic rings. The molecule has 1 unspecified atom stereocenters. The Morgan fingerprint density at radius 1 is 1.21 bits per heavy atom. The number of para-hydroxylation sites is 1. The van der Waals surface area contributed by atoms with Gasteiger partial charge in [0.15, 0.2) is 0 Å². The molecule has 3 rings (SSSR count). The maximum atomic E-state index is 12.1. The monoisotopic (exact) mass is 322 g/mol. The van der Waals surface area contributed by atoms with Gasteiger partial charge >= 0.3 is 0 Å². The van der Waals surface area contributed by atoms with Crippen LogP contribution in [0.2, 0.25) is 0 Å². The Morgan fingerprint density at radius 3 is 2.88 bits per heavy atom. The number of carbonyl (C=O) groups is 2. The highest BCUT2D eigenvalue weighted by Gasteiger charge is 2.26. The van der Waals surface area contributed by atoms with Crippen molar-refractivity contribution in [2.75, 3.05) is 5.32 Å². The second kappa shape index (κ2) is 7.30. The molecule has 124 valence electrons. The largest absolute Gasteiger partial charge is 0.352 e. The maximum Gasteiger partial charge on any atom is 0.227 e. The second-order valence-electron chi connectivity index (χ2n) is 6.35. The summed E-state index contributed by atoms with van der Waals surface area (Å²) in [6.07, 6.45) is 1.64.